The van der Waals surface area contributed by atoms with Crippen LogP contribution < -0.4 is 4.72 Å². The summed E-state index contributed by atoms with van der Waals surface area (Å²) in [5, 5.41) is 3.86. The van der Waals surface area contributed by atoms with Crippen LogP contribution in [0.2, 0.25) is 0 Å². The number of hydrogen-bond donors (Lipinski definition) is 1. The first-order valence-corrected chi connectivity index (χ1v) is 10.3. The van der Waals surface area contributed by atoms with Crippen molar-refractivity contribution in [3.05, 3.63) is 90.0 Å². The highest BCUT2D eigenvalue weighted by Gasteiger charge is 2.22. The van der Waals surface area contributed by atoms with Crippen molar-refractivity contribution >= 4 is 10.0 Å². The second-order valence-corrected chi connectivity index (χ2v) is 8.11. The van der Waals surface area contributed by atoms with Gasteiger partial charge in [-0.2, -0.15) is 4.98 Å². The Kier molecular flexibility index (Phi) is 5.39. The maximum absolute atomic E-state index is 13.1. The van der Waals surface area contributed by atoms with E-state index in [1.165, 1.54) is 54.6 Å². The predicted molar refractivity (Wildman–Crippen MR) is 106 cm³/mol. The Balaban J connectivity index is 1.62. The van der Waals surface area contributed by atoms with Crippen LogP contribution in [-0.2, 0) is 16.6 Å². The number of halogens is 2. The zero-order valence-corrected chi connectivity index (χ0v) is 16.2. The van der Waals surface area contributed by atoms with Crippen molar-refractivity contribution in [3.63, 3.8) is 0 Å². The van der Waals surface area contributed by atoms with Crippen LogP contribution in [0.25, 0.3) is 22.8 Å². The molecule has 30 heavy (non-hydrogen) atoms. The lowest BCUT2D eigenvalue weighted by Crippen LogP contribution is -2.23. The summed E-state index contributed by atoms with van der Waals surface area (Å²) in [7, 11) is -3.93. The lowest BCUT2D eigenvalue weighted by atomic mass is 10.2. The summed E-state index contributed by atoms with van der Waals surface area (Å²) in [6.45, 7) is -0.0123. The van der Waals surface area contributed by atoms with Crippen LogP contribution in [0.3, 0.4) is 0 Å². The first kappa shape index (κ1) is 19.9. The minimum absolute atomic E-state index is 0.0112. The Labute approximate surface area is 171 Å². The van der Waals surface area contributed by atoms with E-state index in [1.807, 2.05) is 0 Å². The second kappa shape index (κ2) is 8.13. The van der Waals surface area contributed by atoms with Crippen LogP contribution >= 0.6 is 0 Å². The molecule has 4 aromatic rings. The Morgan fingerprint density at radius 3 is 2.20 bits per heavy atom. The van der Waals surface area contributed by atoms with Gasteiger partial charge in [0.15, 0.2) is 0 Å². The predicted octanol–water partition coefficient (Wildman–Crippen LogP) is 4.16. The number of nitrogens with zero attached hydrogens (tertiary/aromatic N) is 2. The van der Waals surface area contributed by atoms with Gasteiger partial charge in [0.25, 0.3) is 5.89 Å². The van der Waals surface area contributed by atoms with E-state index in [0.29, 0.717) is 11.1 Å². The highest BCUT2D eigenvalue weighted by molar-refractivity contribution is 7.89. The molecule has 1 aromatic heterocycles. The smallest absolute Gasteiger partial charge is 0.259 e. The van der Waals surface area contributed by atoms with Gasteiger partial charge in [0.2, 0.25) is 15.8 Å². The number of nitrogens with one attached hydrogen (secondary N) is 1. The molecule has 4 rings (SSSR count). The molecular weight excluding hydrogens is 412 g/mol. The van der Waals surface area contributed by atoms with E-state index >= 15 is 0 Å². The van der Waals surface area contributed by atoms with Crippen LogP contribution in [0.4, 0.5) is 8.78 Å². The second-order valence-electron chi connectivity index (χ2n) is 6.38. The van der Waals surface area contributed by atoms with Crippen molar-refractivity contribution in [2.45, 2.75) is 11.4 Å². The van der Waals surface area contributed by atoms with Gasteiger partial charge in [0, 0.05) is 12.1 Å². The van der Waals surface area contributed by atoms with Crippen molar-refractivity contribution in [1.82, 2.24) is 14.9 Å². The minimum Gasteiger partial charge on any atom is -0.334 e. The molecule has 1 heterocycles. The number of benzene rings is 3. The molecule has 0 bridgehead atoms. The summed E-state index contributed by atoms with van der Waals surface area (Å²) in [6, 6.07) is 17.2. The molecule has 0 aliphatic rings. The van der Waals surface area contributed by atoms with E-state index in [4.69, 9.17) is 4.52 Å². The first-order chi connectivity index (χ1) is 14.4. The summed E-state index contributed by atoms with van der Waals surface area (Å²) in [4.78, 5) is 4.21. The van der Waals surface area contributed by atoms with E-state index in [2.05, 4.69) is 14.9 Å². The first-order valence-electron chi connectivity index (χ1n) is 8.85. The fraction of sp³-hybridized carbons (Fsp3) is 0.0476. The third-order valence-electron chi connectivity index (χ3n) is 4.32. The maximum atomic E-state index is 13.1. The van der Waals surface area contributed by atoms with E-state index in [9.17, 15) is 17.2 Å². The summed E-state index contributed by atoms with van der Waals surface area (Å²) < 4.78 is 59.6. The summed E-state index contributed by atoms with van der Waals surface area (Å²) in [5.74, 6) is -0.583. The van der Waals surface area contributed by atoms with Gasteiger partial charge in [-0.05, 0) is 54.1 Å². The monoisotopic (exact) mass is 427 g/mol. The Bertz CT molecular complexity index is 1270. The average Bonchev–Trinajstić information content (AvgIpc) is 3.24. The van der Waals surface area contributed by atoms with Gasteiger partial charge in [0.1, 0.15) is 11.6 Å². The molecule has 3 aromatic carbocycles. The topological polar surface area (TPSA) is 85.1 Å². The Hall–Kier alpha value is -3.43. The fourth-order valence-corrected chi connectivity index (χ4v) is 4.00. The van der Waals surface area contributed by atoms with Gasteiger partial charge < -0.3 is 4.52 Å². The molecule has 6 nitrogen and oxygen atoms in total. The molecule has 0 radical (unpaired) electrons. The van der Waals surface area contributed by atoms with Gasteiger partial charge in [-0.3, -0.25) is 0 Å². The summed E-state index contributed by atoms with van der Waals surface area (Å²) in [6.07, 6.45) is 0. The van der Waals surface area contributed by atoms with E-state index in [1.54, 1.807) is 18.2 Å². The van der Waals surface area contributed by atoms with Crippen LogP contribution in [0.5, 0.6) is 0 Å². The minimum atomic E-state index is -3.93. The largest absolute Gasteiger partial charge is 0.334 e. The van der Waals surface area contributed by atoms with Gasteiger partial charge in [-0.15, -0.1) is 0 Å². The quantitative estimate of drug-likeness (QED) is 0.499. The van der Waals surface area contributed by atoms with Crippen molar-refractivity contribution in [2.75, 3.05) is 0 Å². The van der Waals surface area contributed by atoms with E-state index in [0.717, 1.165) is 0 Å². The molecule has 9 heteroatoms. The Morgan fingerprint density at radius 1 is 0.867 bits per heavy atom. The Morgan fingerprint density at radius 2 is 1.50 bits per heavy atom. The van der Waals surface area contributed by atoms with Crippen molar-refractivity contribution in [1.29, 1.82) is 0 Å². The molecule has 1 N–H and O–H groups in total. The standard InChI is InChI=1S/C21H15F2N3O3S/c22-16-9-5-14(6-10-16)13-24-30(27,28)19-4-2-1-3-18(19)21-25-20(26-29-21)15-7-11-17(23)12-8-15/h1-12,24H,13H2. The summed E-state index contributed by atoms with van der Waals surface area (Å²) >= 11 is 0. The maximum Gasteiger partial charge on any atom is 0.259 e. The molecule has 0 amide bonds. The normalized spacial score (nSPS) is 11.5. The highest BCUT2D eigenvalue weighted by atomic mass is 32.2. The van der Waals surface area contributed by atoms with Gasteiger partial charge in [-0.1, -0.05) is 29.4 Å². The summed E-state index contributed by atoms with van der Waals surface area (Å²) in [5.41, 5.74) is 1.36. The van der Waals surface area contributed by atoms with Crippen molar-refractivity contribution in [3.8, 4) is 22.8 Å². The highest BCUT2D eigenvalue weighted by Crippen LogP contribution is 2.28. The molecule has 0 aliphatic heterocycles. The van der Waals surface area contributed by atoms with Gasteiger partial charge >= 0.3 is 0 Å². The van der Waals surface area contributed by atoms with Crippen molar-refractivity contribution in [2.24, 2.45) is 0 Å². The average molecular weight is 427 g/mol. The molecule has 0 unspecified atom stereocenters. The van der Waals surface area contributed by atoms with E-state index in [-0.39, 0.29) is 28.7 Å². The van der Waals surface area contributed by atoms with Crippen molar-refractivity contribution < 1.29 is 21.7 Å². The zero-order valence-electron chi connectivity index (χ0n) is 15.4. The molecular formula is C21H15F2N3O3S. The molecule has 0 aliphatic carbocycles. The number of rotatable bonds is 6. The van der Waals surface area contributed by atoms with E-state index < -0.39 is 21.7 Å². The van der Waals surface area contributed by atoms with Gasteiger partial charge in [0.05, 0.1) is 10.5 Å². The molecule has 0 saturated heterocycles. The molecule has 0 saturated carbocycles. The van der Waals surface area contributed by atoms with Gasteiger partial charge in [-0.25, -0.2) is 21.9 Å². The third-order valence-corrected chi connectivity index (χ3v) is 5.77. The van der Waals surface area contributed by atoms with Crippen LogP contribution in [0.1, 0.15) is 5.56 Å². The zero-order chi connectivity index (χ0) is 21.1. The molecule has 0 spiro atoms. The lowest BCUT2D eigenvalue weighted by molar-refractivity contribution is 0.431. The SMILES string of the molecule is O=S(=O)(NCc1ccc(F)cc1)c1ccccc1-c1nc(-c2ccc(F)cc2)no1. The van der Waals surface area contributed by atoms with Crippen LogP contribution in [-0.4, -0.2) is 18.6 Å². The van der Waals surface area contributed by atoms with Crippen LogP contribution in [0.15, 0.2) is 82.2 Å². The molecule has 152 valence electrons. The lowest BCUT2D eigenvalue weighted by Gasteiger charge is -2.09. The molecule has 0 atom stereocenters. The third kappa shape index (κ3) is 4.27. The number of aromatic nitrogens is 2. The fourth-order valence-electron chi connectivity index (χ4n) is 2.79. The van der Waals surface area contributed by atoms with Crippen LogP contribution in [0, 0.1) is 11.6 Å². The number of sulfonamides is 1. The molecule has 0 fully saturated rings. The number of hydrogen-bond acceptors (Lipinski definition) is 5.